The Bertz CT molecular complexity index is 1310. The number of benzene rings is 1. The second-order valence-corrected chi connectivity index (χ2v) is 8.30. The lowest BCUT2D eigenvalue weighted by Gasteiger charge is -2.13. The minimum Gasteiger partial charge on any atom is -0.382 e. The summed E-state index contributed by atoms with van der Waals surface area (Å²) in [5.41, 5.74) is 8.79. The van der Waals surface area contributed by atoms with E-state index < -0.39 is 0 Å². The molecule has 3 heterocycles. The number of halogens is 1. The van der Waals surface area contributed by atoms with Gasteiger partial charge < -0.3 is 20.1 Å². The SMILES string of the molecule is CCC1(C(=O)Nc2cnc(-c3cc(-c4ccon4)n(Cc4ccccc4F)c3)nc2N)CC1. The maximum atomic E-state index is 14.3. The molecule has 1 aromatic carbocycles. The van der Waals surface area contributed by atoms with Crippen molar-refractivity contribution >= 4 is 17.4 Å². The fourth-order valence-corrected chi connectivity index (χ4v) is 3.91. The highest BCUT2D eigenvalue weighted by molar-refractivity contribution is 5.98. The summed E-state index contributed by atoms with van der Waals surface area (Å²) in [4.78, 5) is 21.4. The molecule has 168 valence electrons. The number of hydrogen-bond donors (Lipinski definition) is 2. The van der Waals surface area contributed by atoms with E-state index >= 15 is 0 Å². The highest BCUT2D eigenvalue weighted by atomic mass is 19.1. The molecule has 33 heavy (non-hydrogen) atoms. The van der Waals surface area contributed by atoms with Gasteiger partial charge in [0.1, 0.15) is 23.5 Å². The molecule has 3 N–H and O–H groups in total. The summed E-state index contributed by atoms with van der Waals surface area (Å²) in [6, 6.07) is 10.2. The standard InChI is InChI=1S/C24H23FN6O2/c1-2-24(8-9-24)23(32)28-19-12-27-22(29-21(19)26)16-11-20(18-7-10-33-30-18)31(14-16)13-15-5-3-4-6-17(15)25/h3-7,10-12,14H,2,8-9,13H2,1H3,(H,28,32)(H2,26,27,29). The number of rotatable bonds is 7. The summed E-state index contributed by atoms with van der Waals surface area (Å²) in [7, 11) is 0. The lowest BCUT2D eigenvalue weighted by atomic mass is 10.0. The van der Waals surface area contributed by atoms with Crippen LogP contribution in [-0.4, -0.2) is 25.6 Å². The summed E-state index contributed by atoms with van der Waals surface area (Å²) in [6.07, 6.45) is 7.37. The Morgan fingerprint density at radius 1 is 1.30 bits per heavy atom. The van der Waals surface area contributed by atoms with Crippen LogP contribution in [0.3, 0.4) is 0 Å². The highest BCUT2D eigenvalue weighted by Crippen LogP contribution is 2.49. The van der Waals surface area contributed by atoms with Crippen molar-refractivity contribution in [1.82, 2.24) is 19.7 Å². The van der Waals surface area contributed by atoms with E-state index in [2.05, 4.69) is 20.4 Å². The van der Waals surface area contributed by atoms with Crippen molar-refractivity contribution in [3.8, 4) is 22.8 Å². The van der Waals surface area contributed by atoms with E-state index in [0.717, 1.165) is 25.0 Å². The van der Waals surface area contributed by atoms with E-state index in [1.165, 1.54) is 18.5 Å². The Morgan fingerprint density at radius 3 is 2.79 bits per heavy atom. The normalized spacial score (nSPS) is 14.2. The largest absolute Gasteiger partial charge is 0.382 e. The molecule has 0 radical (unpaired) electrons. The van der Waals surface area contributed by atoms with Crippen LogP contribution in [0, 0.1) is 11.2 Å². The molecule has 5 rings (SSSR count). The van der Waals surface area contributed by atoms with Crippen molar-refractivity contribution in [2.75, 3.05) is 11.1 Å². The van der Waals surface area contributed by atoms with Gasteiger partial charge in [-0.3, -0.25) is 4.79 Å². The van der Waals surface area contributed by atoms with Crippen LogP contribution in [0.25, 0.3) is 22.8 Å². The Kier molecular flexibility index (Phi) is 5.16. The summed E-state index contributed by atoms with van der Waals surface area (Å²) in [6.45, 7) is 2.30. The molecule has 0 spiro atoms. The minimum absolute atomic E-state index is 0.0441. The van der Waals surface area contributed by atoms with Crippen molar-refractivity contribution in [2.45, 2.75) is 32.7 Å². The van der Waals surface area contributed by atoms with Gasteiger partial charge in [-0.1, -0.05) is 30.3 Å². The monoisotopic (exact) mass is 446 g/mol. The van der Waals surface area contributed by atoms with E-state index in [4.69, 9.17) is 10.3 Å². The maximum absolute atomic E-state index is 14.3. The molecule has 3 aromatic heterocycles. The zero-order chi connectivity index (χ0) is 23.0. The number of hydrogen-bond acceptors (Lipinski definition) is 6. The molecule has 1 aliphatic carbocycles. The number of anilines is 2. The van der Waals surface area contributed by atoms with Gasteiger partial charge >= 0.3 is 0 Å². The Morgan fingerprint density at radius 2 is 2.12 bits per heavy atom. The number of carbonyl (C=O) groups is 1. The molecule has 1 aliphatic rings. The van der Waals surface area contributed by atoms with Crippen LogP contribution in [0.15, 0.2) is 59.6 Å². The van der Waals surface area contributed by atoms with Crippen molar-refractivity contribution in [3.63, 3.8) is 0 Å². The van der Waals surface area contributed by atoms with Crippen LogP contribution in [0.5, 0.6) is 0 Å². The van der Waals surface area contributed by atoms with E-state index in [1.807, 2.05) is 23.8 Å². The summed E-state index contributed by atoms with van der Waals surface area (Å²) in [5, 5.41) is 6.88. The number of nitrogens with one attached hydrogen (secondary N) is 1. The summed E-state index contributed by atoms with van der Waals surface area (Å²) in [5.74, 6) is 0.238. The first-order valence-electron chi connectivity index (χ1n) is 10.8. The molecule has 0 unspecified atom stereocenters. The van der Waals surface area contributed by atoms with Crippen LogP contribution in [0.4, 0.5) is 15.9 Å². The third-order valence-electron chi connectivity index (χ3n) is 6.23. The van der Waals surface area contributed by atoms with Gasteiger partial charge in [0.15, 0.2) is 11.6 Å². The number of nitrogens with two attached hydrogens (primary N) is 1. The average molecular weight is 446 g/mol. The molecule has 1 saturated carbocycles. The number of nitrogens with zero attached hydrogens (tertiary/aromatic N) is 4. The van der Waals surface area contributed by atoms with E-state index in [1.54, 1.807) is 24.3 Å². The fraction of sp³-hybridized carbons (Fsp3) is 0.250. The molecule has 1 fully saturated rings. The lowest BCUT2D eigenvalue weighted by molar-refractivity contribution is -0.121. The number of carbonyl (C=O) groups excluding carboxylic acids is 1. The van der Waals surface area contributed by atoms with Gasteiger partial charge in [0.05, 0.1) is 18.4 Å². The van der Waals surface area contributed by atoms with Gasteiger partial charge in [-0.05, 0) is 31.4 Å². The van der Waals surface area contributed by atoms with Crippen LogP contribution < -0.4 is 11.1 Å². The van der Waals surface area contributed by atoms with E-state index in [0.29, 0.717) is 28.3 Å². The van der Waals surface area contributed by atoms with E-state index in [9.17, 15) is 9.18 Å². The third kappa shape index (κ3) is 3.97. The molecule has 0 saturated heterocycles. The van der Waals surface area contributed by atoms with Gasteiger partial charge in [-0.15, -0.1) is 0 Å². The van der Waals surface area contributed by atoms with Crippen LogP contribution in [-0.2, 0) is 11.3 Å². The lowest BCUT2D eigenvalue weighted by Crippen LogP contribution is -2.24. The first-order chi connectivity index (χ1) is 16.0. The number of aromatic nitrogens is 4. The Labute approximate surface area is 189 Å². The maximum Gasteiger partial charge on any atom is 0.230 e. The molecule has 0 atom stereocenters. The smallest absolute Gasteiger partial charge is 0.230 e. The molecule has 4 aromatic rings. The molecular formula is C24H23FN6O2. The zero-order valence-corrected chi connectivity index (χ0v) is 18.1. The predicted molar refractivity (Wildman–Crippen MR) is 121 cm³/mol. The van der Waals surface area contributed by atoms with Crippen molar-refractivity contribution in [2.24, 2.45) is 5.41 Å². The minimum atomic E-state index is -0.292. The second kappa shape index (κ2) is 8.16. The van der Waals surface area contributed by atoms with Crippen molar-refractivity contribution < 1.29 is 13.7 Å². The first kappa shape index (κ1) is 20.9. The molecule has 0 bridgehead atoms. The predicted octanol–water partition coefficient (Wildman–Crippen LogP) is 4.50. The first-order valence-corrected chi connectivity index (χ1v) is 10.8. The van der Waals surface area contributed by atoms with Gasteiger partial charge in [0.25, 0.3) is 0 Å². The van der Waals surface area contributed by atoms with Gasteiger partial charge in [-0.2, -0.15) is 0 Å². The molecular weight excluding hydrogens is 423 g/mol. The molecule has 1 amide bonds. The van der Waals surface area contributed by atoms with Crippen LogP contribution in [0.1, 0.15) is 31.7 Å². The van der Waals surface area contributed by atoms with Gasteiger partial charge in [0.2, 0.25) is 5.91 Å². The third-order valence-corrected chi connectivity index (χ3v) is 6.23. The second-order valence-electron chi connectivity index (χ2n) is 8.30. The summed E-state index contributed by atoms with van der Waals surface area (Å²) >= 11 is 0. The van der Waals surface area contributed by atoms with Crippen LogP contribution >= 0.6 is 0 Å². The topological polar surface area (TPSA) is 112 Å². The highest BCUT2D eigenvalue weighted by Gasteiger charge is 2.48. The van der Waals surface area contributed by atoms with E-state index in [-0.39, 0.29) is 29.5 Å². The number of amides is 1. The molecule has 0 aliphatic heterocycles. The Balaban J connectivity index is 1.46. The van der Waals surface area contributed by atoms with Crippen molar-refractivity contribution in [1.29, 1.82) is 0 Å². The number of nitrogen functional groups attached to an aromatic ring is 1. The van der Waals surface area contributed by atoms with Crippen LogP contribution in [0.2, 0.25) is 0 Å². The quantitative estimate of drug-likeness (QED) is 0.432. The fourth-order valence-electron chi connectivity index (χ4n) is 3.91. The average Bonchev–Trinajstić information content (AvgIpc) is 3.22. The van der Waals surface area contributed by atoms with Gasteiger partial charge in [-0.25, -0.2) is 14.4 Å². The van der Waals surface area contributed by atoms with Gasteiger partial charge in [0, 0.05) is 28.8 Å². The Hall–Kier alpha value is -4.01. The summed E-state index contributed by atoms with van der Waals surface area (Å²) < 4.78 is 21.1. The molecule has 8 nitrogen and oxygen atoms in total. The zero-order valence-electron chi connectivity index (χ0n) is 18.1. The molecule has 9 heteroatoms. The van der Waals surface area contributed by atoms with Crippen molar-refractivity contribution in [3.05, 3.63) is 66.4 Å².